The summed E-state index contributed by atoms with van der Waals surface area (Å²) in [5, 5.41) is 14.1. The molecule has 1 aliphatic rings. The number of rotatable bonds is 4. The van der Waals surface area contributed by atoms with Crippen LogP contribution in [0.4, 0.5) is 11.7 Å². The third-order valence-corrected chi connectivity index (χ3v) is 3.63. The summed E-state index contributed by atoms with van der Waals surface area (Å²) in [6.45, 7) is 4.75. The van der Waals surface area contributed by atoms with Gasteiger partial charge in [0.15, 0.2) is 5.58 Å². The molecular weight excluding hydrogens is 260 g/mol. The van der Waals surface area contributed by atoms with Crippen LogP contribution in [0.3, 0.4) is 0 Å². The van der Waals surface area contributed by atoms with Gasteiger partial charge >= 0.3 is 0 Å². The molecule has 1 saturated heterocycles. The Morgan fingerprint density at radius 1 is 1.60 bits per heavy atom. The summed E-state index contributed by atoms with van der Waals surface area (Å²) in [6.07, 6.45) is 1.05. The van der Waals surface area contributed by atoms with Crippen LogP contribution < -0.4 is 10.2 Å². The maximum Gasteiger partial charge on any atom is 0.298 e. The zero-order valence-corrected chi connectivity index (χ0v) is 11.2. The second-order valence-electron chi connectivity index (χ2n) is 4.84. The number of nitrogens with zero attached hydrogens (tertiary/aromatic N) is 3. The number of fused-ring (bicyclic) bond motifs is 1. The highest BCUT2D eigenvalue weighted by atomic mass is 16.6. The van der Waals surface area contributed by atoms with Crippen molar-refractivity contribution in [1.82, 2.24) is 10.3 Å². The van der Waals surface area contributed by atoms with Crippen LogP contribution in [0.15, 0.2) is 22.6 Å². The van der Waals surface area contributed by atoms with E-state index in [1.807, 2.05) is 0 Å². The van der Waals surface area contributed by atoms with E-state index < -0.39 is 4.92 Å². The highest BCUT2D eigenvalue weighted by molar-refractivity contribution is 5.77. The number of aromatic nitrogens is 1. The highest BCUT2D eigenvalue weighted by Gasteiger charge is 2.25. The van der Waals surface area contributed by atoms with Crippen molar-refractivity contribution in [2.24, 2.45) is 0 Å². The largest absolute Gasteiger partial charge is 0.423 e. The molecule has 1 aromatic carbocycles. The Kier molecular flexibility index (Phi) is 3.27. The van der Waals surface area contributed by atoms with E-state index in [0.717, 1.165) is 26.1 Å². The summed E-state index contributed by atoms with van der Waals surface area (Å²) >= 11 is 0. The Labute approximate surface area is 115 Å². The van der Waals surface area contributed by atoms with Gasteiger partial charge in [-0.1, -0.05) is 0 Å². The fourth-order valence-corrected chi connectivity index (χ4v) is 2.60. The molecule has 0 aliphatic carbocycles. The molecule has 7 heteroatoms. The van der Waals surface area contributed by atoms with Crippen molar-refractivity contribution in [3.8, 4) is 0 Å². The Balaban J connectivity index is 1.96. The van der Waals surface area contributed by atoms with Crippen molar-refractivity contribution in [2.75, 3.05) is 24.5 Å². The summed E-state index contributed by atoms with van der Waals surface area (Å²) in [5.74, 6) is 0. The molecule has 0 bridgehead atoms. The Bertz CT molecular complexity index is 634. The predicted octanol–water partition coefficient (Wildman–Crippen LogP) is 1.92. The number of benzene rings is 1. The number of nitro groups is 1. The fraction of sp³-hybridized carbons (Fsp3) is 0.462. The smallest absolute Gasteiger partial charge is 0.298 e. The minimum absolute atomic E-state index is 0.0305. The molecule has 106 valence electrons. The molecule has 1 fully saturated rings. The SMILES string of the molecule is CCN(c1nc2cc([N+](=O)[O-])ccc2o1)C1CCNC1. The number of hydrogen-bond donors (Lipinski definition) is 1. The van der Waals surface area contributed by atoms with Gasteiger partial charge in [0.2, 0.25) is 0 Å². The van der Waals surface area contributed by atoms with E-state index in [-0.39, 0.29) is 5.69 Å². The van der Waals surface area contributed by atoms with Crippen LogP contribution in [-0.4, -0.2) is 35.6 Å². The molecule has 3 rings (SSSR count). The average Bonchev–Trinajstić information content (AvgIpc) is 3.07. The summed E-state index contributed by atoms with van der Waals surface area (Å²) in [5.41, 5.74) is 1.14. The second kappa shape index (κ2) is 5.09. The first kappa shape index (κ1) is 12.9. The van der Waals surface area contributed by atoms with E-state index in [9.17, 15) is 10.1 Å². The van der Waals surface area contributed by atoms with Crippen molar-refractivity contribution in [3.05, 3.63) is 28.3 Å². The highest BCUT2D eigenvalue weighted by Crippen LogP contribution is 2.27. The number of oxazole rings is 1. The number of anilines is 1. The van der Waals surface area contributed by atoms with E-state index in [0.29, 0.717) is 23.2 Å². The van der Waals surface area contributed by atoms with Gasteiger partial charge in [-0.15, -0.1) is 0 Å². The lowest BCUT2D eigenvalue weighted by Crippen LogP contribution is -2.36. The molecule has 0 amide bonds. The molecule has 2 heterocycles. The van der Waals surface area contributed by atoms with Crippen LogP contribution in [0.1, 0.15) is 13.3 Å². The standard InChI is InChI=1S/C13H16N4O3/c1-2-16(10-5-6-14-8-10)13-15-11-7-9(17(18)19)3-4-12(11)20-13/h3-4,7,10,14H,2,5-6,8H2,1H3. The van der Waals surface area contributed by atoms with Crippen molar-refractivity contribution in [2.45, 2.75) is 19.4 Å². The summed E-state index contributed by atoms with van der Waals surface area (Å²) < 4.78 is 5.73. The molecule has 1 aliphatic heterocycles. The Hall–Kier alpha value is -2.15. The molecule has 0 saturated carbocycles. The van der Waals surface area contributed by atoms with E-state index in [1.165, 1.54) is 12.1 Å². The first-order chi connectivity index (χ1) is 9.69. The number of non-ortho nitro benzene ring substituents is 1. The lowest BCUT2D eigenvalue weighted by Gasteiger charge is -2.24. The summed E-state index contributed by atoms with van der Waals surface area (Å²) in [7, 11) is 0. The summed E-state index contributed by atoms with van der Waals surface area (Å²) in [6, 6.07) is 5.39. The van der Waals surface area contributed by atoms with Crippen LogP contribution in [0.2, 0.25) is 0 Å². The summed E-state index contributed by atoms with van der Waals surface area (Å²) in [4.78, 5) is 16.9. The molecule has 0 spiro atoms. The van der Waals surface area contributed by atoms with Crippen molar-refractivity contribution >= 4 is 22.8 Å². The molecule has 0 radical (unpaired) electrons. The lowest BCUT2D eigenvalue weighted by atomic mass is 10.2. The van der Waals surface area contributed by atoms with Crippen LogP contribution in [0.5, 0.6) is 0 Å². The van der Waals surface area contributed by atoms with Crippen molar-refractivity contribution in [3.63, 3.8) is 0 Å². The minimum Gasteiger partial charge on any atom is -0.423 e. The minimum atomic E-state index is -0.424. The van der Waals surface area contributed by atoms with Gasteiger partial charge < -0.3 is 14.6 Å². The van der Waals surface area contributed by atoms with E-state index in [1.54, 1.807) is 6.07 Å². The molecule has 20 heavy (non-hydrogen) atoms. The normalized spacial score (nSPS) is 18.6. The van der Waals surface area contributed by atoms with E-state index >= 15 is 0 Å². The van der Waals surface area contributed by atoms with Crippen LogP contribution >= 0.6 is 0 Å². The molecule has 1 aromatic heterocycles. The molecule has 1 atom stereocenters. The monoisotopic (exact) mass is 276 g/mol. The van der Waals surface area contributed by atoms with Crippen LogP contribution in [-0.2, 0) is 0 Å². The zero-order valence-electron chi connectivity index (χ0n) is 11.2. The van der Waals surface area contributed by atoms with E-state index in [4.69, 9.17) is 4.42 Å². The van der Waals surface area contributed by atoms with Crippen LogP contribution in [0.25, 0.3) is 11.1 Å². The van der Waals surface area contributed by atoms with Gasteiger partial charge in [0, 0.05) is 31.3 Å². The average molecular weight is 276 g/mol. The van der Waals surface area contributed by atoms with Gasteiger partial charge in [-0.25, -0.2) is 0 Å². The fourth-order valence-electron chi connectivity index (χ4n) is 2.60. The Morgan fingerprint density at radius 3 is 3.10 bits per heavy atom. The number of likely N-dealkylation sites (N-methyl/N-ethyl adjacent to an activating group) is 1. The van der Waals surface area contributed by atoms with Crippen molar-refractivity contribution < 1.29 is 9.34 Å². The van der Waals surface area contributed by atoms with Gasteiger partial charge in [0.05, 0.1) is 4.92 Å². The third kappa shape index (κ3) is 2.20. The first-order valence-corrected chi connectivity index (χ1v) is 6.71. The van der Waals surface area contributed by atoms with Gasteiger partial charge in [0.25, 0.3) is 11.7 Å². The molecule has 1 N–H and O–H groups in total. The number of hydrogen-bond acceptors (Lipinski definition) is 6. The van der Waals surface area contributed by atoms with Gasteiger partial charge in [0.1, 0.15) is 5.52 Å². The Morgan fingerprint density at radius 2 is 2.45 bits per heavy atom. The van der Waals surface area contributed by atoms with Gasteiger partial charge in [-0.3, -0.25) is 10.1 Å². The predicted molar refractivity (Wildman–Crippen MR) is 75.0 cm³/mol. The lowest BCUT2D eigenvalue weighted by molar-refractivity contribution is -0.384. The molecule has 2 aromatic rings. The topological polar surface area (TPSA) is 84.4 Å². The van der Waals surface area contributed by atoms with E-state index in [2.05, 4.69) is 22.1 Å². The van der Waals surface area contributed by atoms with Crippen LogP contribution in [0, 0.1) is 10.1 Å². The molecule has 1 unspecified atom stereocenters. The molecular formula is C13H16N4O3. The number of nitro benzene ring substituents is 1. The maximum atomic E-state index is 10.8. The zero-order chi connectivity index (χ0) is 14.1. The number of nitrogens with one attached hydrogen (secondary N) is 1. The van der Waals surface area contributed by atoms with Crippen molar-refractivity contribution in [1.29, 1.82) is 0 Å². The quantitative estimate of drug-likeness (QED) is 0.678. The third-order valence-electron chi connectivity index (χ3n) is 3.63. The van der Waals surface area contributed by atoms with Gasteiger partial charge in [-0.05, 0) is 26.0 Å². The van der Waals surface area contributed by atoms with Gasteiger partial charge in [-0.2, -0.15) is 4.98 Å². The first-order valence-electron chi connectivity index (χ1n) is 6.71. The maximum absolute atomic E-state index is 10.8. The second-order valence-corrected chi connectivity index (χ2v) is 4.84. The molecule has 7 nitrogen and oxygen atoms in total.